The molecule has 1 fully saturated rings. The van der Waals surface area contributed by atoms with Gasteiger partial charge in [-0.25, -0.2) is 4.79 Å². The molecule has 1 saturated heterocycles. The third kappa shape index (κ3) is 8.38. The van der Waals surface area contributed by atoms with Gasteiger partial charge in [0, 0.05) is 32.8 Å². The third-order valence-corrected chi connectivity index (χ3v) is 3.24. The van der Waals surface area contributed by atoms with Crippen LogP contribution in [0.3, 0.4) is 0 Å². The molecule has 140 valence electrons. The Morgan fingerprint density at radius 1 is 1.33 bits per heavy atom. The molecule has 1 heterocycles. The molecule has 0 saturated carbocycles. The summed E-state index contributed by atoms with van der Waals surface area (Å²) in [6.07, 6.45) is 0.895. The molecule has 24 heavy (non-hydrogen) atoms. The Morgan fingerprint density at radius 3 is 2.54 bits per heavy atom. The first kappa shape index (κ1) is 20.5. The van der Waals surface area contributed by atoms with Crippen LogP contribution in [0, 0.1) is 0 Å². The molecule has 1 aliphatic rings. The SMILES string of the molecule is CCNC(=NCCCOC(C)C)NC1CN(C(=O)OC(C)(C)C)C1. The molecule has 0 aromatic rings. The molecule has 0 unspecified atom stereocenters. The van der Waals surface area contributed by atoms with Crippen molar-refractivity contribution in [2.24, 2.45) is 4.99 Å². The standard InChI is InChI=1S/C17H34N4O3/c1-7-18-15(19-9-8-10-23-13(2)3)20-14-11-21(12-14)16(22)24-17(4,5)6/h13-14H,7-12H2,1-6H3,(H2,18,19,20). The van der Waals surface area contributed by atoms with E-state index in [1.165, 1.54) is 0 Å². The molecular weight excluding hydrogens is 308 g/mol. The van der Waals surface area contributed by atoms with Crippen LogP contribution in [0.1, 0.15) is 48.0 Å². The summed E-state index contributed by atoms with van der Waals surface area (Å²) in [4.78, 5) is 18.2. The quantitative estimate of drug-likeness (QED) is 0.420. The van der Waals surface area contributed by atoms with E-state index in [0.29, 0.717) is 19.6 Å². The summed E-state index contributed by atoms with van der Waals surface area (Å²) in [5.74, 6) is 0.788. The van der Waals surface area contributed by atoms with E-state index in [2.05, 4.69) is 15.6 Å². The third-order valence-electron chi connectivity index (χ3n) is 3.24. The Bertz CT molecular complexity index is 413. The van der Waals surface area contributed by atoms with Crippen molar-refractivity contribution in [3.05, 3.63) is 0 Å². The van der Waals surface area contributed by atoms with E-state index in [9.17, 15) is 4.79 Å². The molecule has 7 nitrogen and oxygen atoms in total. The van der Waals surface area contributed by atoms with Gasteiger partial charge < -0.3 is 25.0 Å². The van der Waals surface area contributed by atoms with Crippen LogP contribution < -0.4 is 10.6 Å². The lowest BCUT2D eigenvalue weighted by molar-refractivity contribution is 0.00700. The molecule has 0 atom stereocenters. The summed E-state index contributed by atoms with van der Waals surface area (Å²) < 4.78 is 10.9. The van der Waals surface area contributed by atoms with Crippen LogP contribution in [-0.2, 0) is 9.47 Å². The predicted octanol–water partition coefficient (Wildman–Crippen LogP) is 1.98. The molecule has 0 spiro atoms. The number of likely N-dealkylation sites (tertiary alicyclic amines) is 1. The zero-order valence-corrected chi connectivity index (χ0v) is 16.0. The number of guanidine groups is 1. The fourth-order valence-corrected chi connectivity index (χ4v) is 2.13. The fraction of sp³-hybridized carbons (Fsp3) is 0.882. The fourth-order valence-electron chi connectivity index (χ4n) is 2.13. The van der Waals surface area contributed by atoms with E-state index in [1.54, 1.807) is 4.90 Å². The van der Waals surface area contributed by atoms with Gasteiger partial charge in [0.1, 0.15) is 5.60 Å². The van der Waals surface area contributed by atoms with Crippen molar-refractivity contribution in [2.45, 2.75) is 65.7 Å². The number of hydrogen-bond donors (Lipinski definition) is 2. The van der Waals surface area contributed by atoms with Crippen molar-refractivity contribution < 1.29 is 14.3 Å². The minimum absolute atomic E-state index is 0.210. The topological polar surface area (TPSA) is 75.2 Å². The molecular formula is C17H34N4O3. The van der Waals surface area contributed by atoms with Gasteiger partial charge in [0.2, 0.25) is 0 Å². The van der Waals surface area contributed by atoms with E-state index in [4.69, 9.17) is 9.47 Å². The van der Waals surface area contributed by atoms with Crippen molar-refractivity contribution >= 4 is 12.1 Å². The lowest BCUT2D eigenvalue weighted by atomic mass is 10.1. The largest absolute Gasteiger partial charge is 0.444 e. The number of amides is 1. The van der Waals surface area contributed by atoms with Gasteiger partial charge in [0.25, 0.3) is 0 Å². The van der Waals surface area contributed by atoms with E-state index in [1.807, 2.05) is 41.5 Å². The van der Waals surface area contributed by atoms with Gasteiger partial charge in [-0.05, 0) is 48.0 Å². The maximum Gasteiger partial charge on any atom is 0.410 e. The molecule has 0 radical (unpaired) electrons. The lowest BCUT2D eigenvalue weighted by Gasteiger charge is -2.40. The number of aliphatic imine (C=N–C) groups is 1. The zero-order chi connectivity index (χ0) is 18.2. The Labute approximate surface area is 146 Å². The first-order valence-corrected chi connectivity index (χ1v) is 8.85. The second kappa shape index (κ2) is 9.71. The van der Waals surface area contributed by atoms with Gasteiger partial charge in [-0.1, -0.05) is 0 Å². The Hall–Kier alpha value is -1.50. The van der Waals surface area contributed by atoms with Crippen LogP contribution in [-0.4, -0.2) is 67.5 Å². The van der Waals surface area contributed by atoms with Gasteiger partial charge in [0.05, 0.1) is 12.1 Å². The second-order valence-electron chi connectivity index (χ2n) is 7.26. The smallest absolute Gasteiger partial charge is 0.410 e. The van der Waals surface area contributed by atoms with Crippen molar-refractivity contribution in [3.63, 3.8) is 0 Å². The summed E-state index contributed by atoms with van der Waals surface area (Å²) in [5, 5.41) is 6.58. The number of carbonyl (C=O) groups is 1. The van der Waals surface area contributed by atoms with E-state index < -0.39 is 5.60 Å². The highest BCUT2D eigenvalue weighted by atomic mass is 16.6. The van der Waals surface area contributed by atoms with Crippen LogP contribution in [0.2, 0.25) is 0 Å². The molecule has 1 aliphatic heterocycles. The number of carbonyl (C=O) groups excluding carboxylic acids is 1. The van der Waals surface area contributed by atoms with Crippen molar-refractivity contribution in [2.75, 3.05) is 32.8 Å². The first-order valence-electron chi connectivity index (χ1n) is 8.85. The van der Waals surface area contributed by atoms with Crippen molar-refractivity contribution in [3.8, 4) is 0 Å². The molecule has 0 bridgehead atoms. The summed E-state index contributed by atoms with van der Waals surface area (Å²) in [6, 6.07) is 0.210. The molecule has 0 aliphatic carbocycles. The first-order chi connectivity index (χ1) is 11.2. The van der Waals surface area contributed by atoms with Crippen LogP contribution in [0.4, 0.5) is 4.79 Å². The number of rotatable bonds is 7. The highest BCUT2D eigenvalue weighted by Gasteiger charge is 2.34. The molecule has 1 amide bonds. The monoisotopic (exact) mass is 342 g/mol. The minimum Gasteiger partial charge on any atom is -0.444 e. The highest BCUT2D eigenvalue weighted by Crippen LogP contribution is 2.15. The summed E-state index contributed by atoms with van der Waals surface area (Å²) in [5.41, 5.74) is -0.454. The molecule has 1 rings (SSSR count). The Balaban J connectivity index is 2.30. The van der Waals surface area contributed by atoms with Gasteiger partial charge in [-0.3, -0.25) is 4.99 Å². The van der Waals surface area contributed by atoms with E-state index >= 15 is 0 Å². The van der Waals surface area contributed by atoms with Crippen LogP contribution >= 0.6 is 0 Å². The number of ether oxygens (including phenoxy) is 2. The Kier molecular flexibility index (Phi) is 8.31. The van der Waals surface area contributed by atoms with E-state index in [0.717, 1.165) is 25.5 Å². The predicted molar refractivity (Wildman–Crippen MR) is 96.4 cm³/mol. The minimum atomic E-state index is -0.454. The average molecular weight is 342 g/mol. The number of nitrogens with one attached hydrogen (secondary N) is 2. The lowest BCUT2D eigenvalue weighted by Crippen LogP contribution is -2.63. The second-order valence-corrected chi connectivity index (χ2v) is 7.26. The van der Waals surface area contributed by atoms with Gasteiger partial charge >= 0.3 is 6.09 Å². The summed E-state index contributed by atoms with van der Waals surface area (Å²) in [7, 11) is 0. The summed E-state index contributed by atoms with van der Waals surface area (Å²) >= 11 is 0. The molecule has 2 N–H and O–H groups in total. The molecule has 0 aromatic heterocycles. The van der Waals surface area contributed by atoms with Gasteiger partial charge in [-0.2, -0.15) is 0 Å². The van der Waals surface area contributed by atoms with Gasteiger partial charge in [0.15, 0.2) is 5.96 Å². The normalized spacial score (nSPS) is 16.1. The average Bonchev–Trinajstić information content (AvgIpc) is 2.39. The highest BCUT2D eigenvalue weighted by molar-refractivity contribution is 5.80. The number of hydrogen-bond acceptors (Lipinski definition) is 4. The van der Waals surface area contributed by atoms with Crippen LogP contribution in [0.15, 0.2) is 4.99 Å². The molecule has 0 aromatic carbocycles. The van der Waals surface area contributed by atoms with E-state index in [-0.39, 0.29) is 18.2 Å². The summed E-state index contributed by atoms with van der Waals surface area (Å²) in [6.45, 7) is 15.2. The van der Waals surface area contributed by atoms with Crippen molar-refractivity contribution in [1.82, 2.24) is 15.5 Å². The van der Waals surface area contributed by atoms with Crippen LogP contribution in [0.5, 0.6) is 0 Å². The maximum atomic E-state index is 11.9. The van der Waals surface area contributed by atoms with Crippen molar-refractivity contribution in [1.29, 1.82) is 0 Å². The van der Waals surface area contributed by atoms with Gasteiger partial charge in [-0.15, -0.1) is 0 Å². The van der Waals surface area contributed by atoms with Crippen LogP contribution in [0.25, 0.3) is 0 Å². The zero-order valence-electron chi connectivity index (χ0n) is 16.0. The Morgan fingerprint density at radius 2 is 2.00 bits per heavy atom. The maximum absolute atomic E-state index is 11.9. The number of nitrogens with zero attached hydrogens (tertiary/aromatic N) is 2. The molecule has 7 heteroatoms.